The second-order valence-electron chi connectivity index (χ2n) is 4.76. The molecule has 0 aliphatic carbocycles. The number of hydrogen-bond acceptors (Lipinski definition) is 6. The molecule has 0 radical (unpaired) electrons. The summed E-state index contributed by atoms with van der Waals surface area (Å²) in [5.41, 5.74) is 5.52. The van der Waals surface area contributed by atoms with E-state index < -0.39 is 0 Å². The van der Waals surface area contributed by atoms with Gasteiger partial charge in [0.1, 0.15) is 11.9 Å². The van der Waals surface area contributed by atoms with Crippen molar-refractivity contribution in [2.45, 2.75) is 25.9 Å². The van der Waals surface area contributed by atoms with Crippen LogP contribution in [0.2, 0.25) is 0 Å². The number of nitrogen functional groups attached to an aromatic ring is 1. The first-order valence-corrected chi connectivity index (χ1v) is 6.32. The van der Waals surface area contributed by atoms with E-state index in [0.717, 1.165) is 0 Å². The molecule has 7 nitrogen and oxygen atoms in total. The third-order valence-corrected chi connectivity index (χ3v) is 2.83. The maximum absolute atomic E-state index is 12.2. The summed E-state index contributed by atoms with van der Waals surface area (Å²) in [6.07, 6.45) is 0. The third kappa shape index (κ3) is 3.31. The summed E-state index contributed by atoms with van der Waals surface area (Å²) in [7, 11) is 0. The average Bonchev–Trinajstić information content (AvgIpc) is 2.39. The monoisotopic (exact) mass is 265 g/mol. The SMILES string of the molecule is CC(C)NC(=O)C1COCCN1c1ccc(N)nn1. The molecule has 2 heterocycles. The van der Waals surface area contributed by atoms with Crippen LogP contribution in [0.1, 0.15) is 13.8 Å². The zero-order valence-electron chi connectivity index (χ0n) is 11.2. The topological polar surface area (TPSA) is 93.4 Å². The van der Waals surface area contributed by atoms with E-state index in [1.807, 2.05) is 18.7 Å². The van der Waals surface area contributed by atoms with E-state index >= 15 is 0 Å². The van der Waals surface area contributed by atoms with Gasteiger partial charge in [-0.15, -0.1) is 10.2 Å². The number of rotatable bonds is 3. The number of nitrogens with two attached hydrogens (primary N) is 1. The van der Waals surface area contributed by atoms with Crippen molar-refractivity contribution < 1.29 is 9.53 Å². The number of nitrogens with zero attached hydrogens (tertiary/aromatic N) is 3. The molecule has 1 aliphatic heterocycles. The molecule has 1 unspecified atom stereocenters. The van der Waals surface area contributed by atoms with E-state index in [1.165, 1.54) is 0 Å². The molecule has 2 rings (SSSR count). The number of nitrogens with one attached hydrogen (secondary N) is 1. The highest BCUT2D eigenvalue weighted by Gasteiger charge is 2.30. The van der Waals surface area contributed by atoms with Crippen LogP contribution in [0.5, 0.6) is 0 Å². The highest BCUT2D eigenvalue weighted by molar-refractivity contribution is 5.85. The minimum atomic E-state index is -0.380. The van der Waals surface area contributed by atoms with E-state index in [4.69, 9.17) is 10.5 Å². The molecule has 104 valence electrons. The third-order valence-electron chi connectivity index (χ3n) is 2.83. The number of hydrogen-bond donors (Lipinski definition) is 2. The van der Waals surface area contributed by atoms with Crippen LogP contribution in [0.3, 0.4) is 0 Å². The van der Waals surface area contributed by atoms with Crippen LogP contribution < -0.4 is 16.0 Å². The van der Waals surface area contributed by atoms with Crippen molar-refractivity contribution >= 4 is 17.5 Å². The van der Waals surface area contributed by atoms with E-state index in [2.05, 4.69) is 15.5 Å². The van der Waals surface area contributed by atoms with Gasteiger partial charge in [0.2, 0.25) is 5.91 Å². The lowest BCUT2D eigenvalue weighted by Gasteiger charge is -2.35. The van der Waals surface area contributed by atoms with E-state index in [0.29, 0.717) is 31.4 Å². The number of morpholine rings is 1. The van der Waals surface area contributed by atoms with Gasteiger partial charge < -0.3 is 20.7 Å². The zero-order chi connectivity index (χ0) is 13.8. The summed E-state index contributed by atoms with van der Waals surface area (Å²) in [5.74, 6) is 0.940. The Labute approximate surface area is 112 Å². The quantitative estimate of drug-likeness (QED) is 0.785. The van der Waals surface area contributed by atoms with Gasteiger partial charge >= 0.3 is 0 Å². The molecule has 0 aromatic carbocycles. The van der Waals surface area contributed by atoms with Gasteiger partial charge in [-0.3, -0.25) is 4.79 Å². The number of carbonyl (C=O) groups is 1. The fraction of sp³-hybridized carbons (Fsp3) is 0.583. The van der Waals surface area contributed by atoms with E-state index in [1.54, 1.807) is 12.1 Å². The lowest BCUT2D eigenvalue weighted by atomic mass is 10.2. The molecular weight excluding hydrogens is 246 g/mol. The minimum absolute atomic E-state index is 0.0617. The van der Waals surface area contributed by atoms with E-state index in [9.17, 15) is 4.79 Å². The van der Waals surface area contributed by atoms with Crippen molar-refractivity contribution in [3.05, 3.63) is 12.1 Å². The molecule has 1 aliphatic rings. The predicted octanol–water partition coefficient (Wildman–Crippen LogP) is -0.211. The lowest BCUT2D eigenvalue weighted by molar-refractivity contribution is -0.125. The van der Waals surface area contributed by atoms with Gasteiger partial charge in [0, 0.05) is 12.6 Å². The first kappa shape index (κ1) is 13.5. The molecule has 3 N–H and O–H groups in total. The van der Waals surface area contributed by atoms with Gasteiger partial charge in [-0.2, -0.15) is 0 Å². The molecule has 1 saturated heterocycles. The van der Waals surface area contributed by atoms with Gasteiger partial charge in [0.15, 0.2) is 5.82 Å². The van der Waals surface area contributed by atoms with Crippen molar-refractivity contribution in [3.8, 4) is 0 Å². The molecule has 1 atom stereocenters. The van der Waals surface area contributed by atoms with E-state index in [-0.39, 0.29) is 18.0 Å². The van der Waals surface area contributed by atoms with Gasteiger partial charge in [-0.25, -0.2) is 0 Å². The zero-order valence-corrected chi connectivity index (χ0v) is 11.2. The lowest BCUT2D eigenvalue weighted by Crippen LogP contribution is -2.55. The van der Waals surface area contributed by atoms with Crippen molar-refractivity contribution in [2.75, 3.05) is 30.4 Å². The normalized spacial score (nSPS) is 19.5. The summed E-state index contributed by atoms with van der Waals surface area (Å²) < 4.78 is 5.38. The standard InChI is InChI=1S/C12H19N5O2/c1-8(2)14-12(18)9-7-19-6-5-17(9)11-4-3-10(13)15-16-11/h3-4,8-9H,5-7H2,1-2H3,(H2,13,15)(H,14,18). The molecule has 1 fully saturated rings. The fourth-order valence-corrected chi connectivity index (χ4v) is 1.96. The fourth-order valence-electron chi connectivity index (χ4n) is 1.96. The summed E-state index contributed by atoms with van der Waals surface area (Å²) in [6.45, 7) is 5.38. The van der Waals surface area contributed by atoms with Crippen molar-refractivity contribution in [2.24, 2.45) is 0 Å². The Morgan fingerprint density at radius 3 is 2.95 bits per heavy atom. The van der Waals surface area contributed by atoms with Crippen LogP contribution in [-0.4, -0.2) is 47.9 Å². The maximum atomic E-state index is 12.2. The summed E-state index contributed by atoms with van der Waals surface area (Å²) in [5, 5.41) is 10.7. The van der Waals surface area contributed by atoms with Crippen LogP contribution in [-0.2, 0) is 9.53 Å². The Kier molecular flexibility index (Phi) is 4.16. The van der Waals surface area contributed by atoms with Gasteiger partial charge in [0.25, 0.3) is 0 Å². The molecule has 7 heteroatoms. The summed E-state index contributed by atoms with van der Waals surface area (Å²) in [6, 6.07) is 3.15. The van der Waals surface area contributed by atoms with Gasteiger partial charge in [0.05, 0.1) is 13.2 Å². The molecular formula is C12H19N5O2. The van der Waals surface area contributed by atoms with Crippen LogP contribution in [0.4, 0.5) is 11.6 Å². The van der Waals surface area contributed by atoms with Crippen molar-refractivity contribution in [1.82, 2.24) is 15.5 Å². The van der Waals surface area contributed by atoms with Crippen molar-refractivity contribution in [1.29, 1.82) is 0 Å². The molecule has 0 saturated carbocycles. The maximum Gasteiger partial charge on any atom is 0.245 e. The Bertz CT molecular complexity index is 434. The Balaban J connectivity index is 2.15. The van der Waals surface area contributed by atoms with Crippen molar-refractivity contribution in [3.63, 3.8) is 0 Å². The Hall–Kier alpha value is -1.89. The van der Waals surface area contributed by atoms with Crippen LogP contribution in [0.15, 0.2) is 12.1 Å². The van der Waals surface area contributed by atoms with Gasteiger partial charge in [-0.05, 0) is 26.0 Å². The predicted molar refractivity (Wildman–Crippen MR) is 71.7 cm³/mol. The van der Waals surface area contributed by atoms with Crippen LogP contribution in [0.25, 0.3) is 0 Å². The second kappa shape index (κ2) is 5.83. The second-order valence-corrected chi connectivity index (χ2v) is 4.76. The molecule has 1 aromatic heterocycles. The highest BCUT2D eigenvalue weighted by Crippen LogP contribution is 2.17. The molecule has 1 amide bonds. The average molecular weight is 265 g/mol. The molecule has 1 aromatic rings. The summed E-state index contributed by atoms with van der Waals surface area (Å²) >= 11 is 0. The first-order chi connectivity index (χ1) is 9.08. The molecule has 19 heavy (non-hydrogen) atoms. The Morgan fingerprint density at radius 2 is 2.32 bits per heavy atom. The first-order valence-electron chi connectivity index (χ1n) is 6.32. The Morgan fingerprint density at radius 1 is 1.53 bits per heavy atom. The molecule has 0 bridgehead atoms. The highest BCUT2D eigenvalue weighted by atomic mass is 16.5. The number of anilines is 2. The number of aromatic nitrogens is 2. The number of carbonyl (C=O) groups excluding carboxylic acids is 1. The minimum Gasteiger partial charge on any atom is -0.382 e. The van der Waals surface area contributed by atoms with Gasteiger partial charge in [-0.1, -0.05) is 0 Å². The summed E-state index contributed by atoms with van der Waals surface area (Å²) in [4.78, 5) is 14.1. The largest absolute Gasteiger partial charge is 0.382 e. The molecule has 0 spiro atoms. The smallest absolute Gasteiger partial charge is 0.245 e. The number of ether oxygens (including phenoxy) is 1. The number of amides is 1. The van der Waals surface area contributed by atoms with Crippen LogP contribution >= 0.6 is 0 Å². The van der Waals surface area contributed by atoms with Crippen LogP contribution in [0, 0.1) is 0 Å².